The Labute approximate surface area is 380 Å². The molecule has 0 saturated heterocycles. The summed E-state index contributed by atoms with van der Waals surface area (Å²) >= 11 is 0. The van der Waals surface area contributed by atoms with Crippen LogP contribution in [0.4, 0.5) is 0 Å². The van der Waals surface area contributed by atoms with E-state index >= 15 is 0 Å². The first-order valence-electron chi connectivity index (χ1n) is 21.9. The summed E-state index contributed by atoms with van der Waals surface area (Å²) in [6.45, 7) is 12.3. The smallest absolute Gasteiger partial charge is 0.155 e. The molecule has 0 aliphatic heterocycles. The van der Waals surface area contributed by atoms with E-state index in [0.717, 1.165) is 42.3 Å². The topological polar surface area (TPSA) is 50.2 Å². The summed E-state index contributed by atoms with van der Waals surface area (Å²) in [5.41, 5.74) is 18.5. The van der Waals surface area contributed by atoms with Crippen LogP contribution in [0.5, 0.6) is 0 Å². The van der Waals surface area contributed by atoms with Gasteiger partial charge in [-0.05, 0) is 141 Å². The molecule has 3 nitrogen and oxygen atoms in total. The number of aliphatic hydroxyl groups excluding tert-OH is 1. The number of fused-ring (bicyclic) bond motifs is 9. The summed E-state index contributed by atoms with van der Waals surface area (Å²) < 4.78 is 0. The van der Waals surface area contributed by atoms with Gasteiger partial charge in [0.05, 0.1) is 5.76 Å². The van der Waals surface area contributed by atoms with Gasteiger partial charge in [-0.2, -0.15) is 0 Å². The number of rotatable bonds is 8. The van der Waals surface area contributed by atoms with Crippen LogP contribution in [0.15, 0.2) is 158 Å². The van der Waals surface area contributed by atoms with E-state index in [1.165, 1.54) is 103 Å². The van der Waals surface area contributed by atoms with Crippen molar-refractivity contribution in [3.63, 3.8) is 0 Å². The van der Waals surface area contributed by atoms with Crippen LogP contribution in [0.2, 0.25) is 0 Å². The number of hydrogen-bond acceptors (Lipinski definition) is 3. The van der Waals surface area contributed by atoms with Crippen molar-refractivity contribution >= 4 is 27.3 Å². The number of allylic oxidation sites excluding steroid dienone is 2. The van der Waals surface area contributed by atoms with Crippen LogP contribution < -0.4 is 0 Å². The van der Waals surface area contributed by atoms with Gasteiger partial charge in [-0.3, -0.25) is 4.79 Å². The molecule has 0 spiro atoms. The summed E-state index contributed by atoms with van der Waals surface area (Å²) in [5, 5.41) is 13.2. The Morgan fingerprint density at radius 1 is 0.565 bits per heavy atom. The Morgan fingerprint density at radius 3 is 1.61 bits per heavy atom. The fraction of sp³-hybridized carbons (Fsp3) is 0.207. The molecule has 311 valence electrons. The minimum atomic E-state index is -0.125. The second-order valence-electron chi connectivity index (χ2n) is 16.8. The van der Waals surface area contributed by atoms with Crippen LogP contribution >= 0.6 is 0 Å². The first-order chi connectivity index (χ1) is 29.7. The molecule has 8 aromatic rings. The van der Waals surface area contributed by atoms with Crippen LogP contribution in [0.3, 0.4) is 0 Å². The van der Waals surface area contributed by atoms with E-state index in [4.69, 9.17) is 10.1 Å². The molecular formula is C58H52IrNO2-. The number of pyridine rings is 1. The van der Waals surface area contributed by atoms with Crippen LogP contribution in [0.25, 0.3) is 77.3 Å². The Morgan fingerprint density at radius 2 is 1.08 bits per heavy atom. The molecule has 2 aliphatic carbocycles. The van der Waals surface area contributed by atoms with Crippen LogP contribution in [0.1, 0.15) is 89.5 Å². The number of hydrogen-bond donors (Lipinski definition) is 1. The van der Waals surface area contributed by atoms with Gasteiger partial charge in [0.1, 0.15) is 0 Å². The molecular weight excluding hydrogens is 935 g/mol. The van der Waals surface area contributed by atoms with Gasteiger partial charge in [0, 0.05) is 43.2 Å². The molecule has 1 aromatic heterocycles. The molecule has 4 heteroatoms. The van der Waals surface area contributed by atoms with Gasteiger partial charge in [-0.25, -0.2) is 0 Å². The largest absolute Gasteiger partial charge is 0.512 e. The van der Waals surface area contributed by atoms with E-state index in [0.29, 0.717) is 0 Å². The molecule has 0 saturated carbocycles. The van der Waals surface area contributed by atoms with Crippen LogP contribution in [-0.2, 0) is 35.7 Å². The number of nitrogens with zero attached hydrogens (tertiary/aromatic N) is 1. The van der Waals surface area contributed by atoms with Gasteiger partial charge in [0.15, 0.2) is 5.78 Å². The Balaban J connectivity index is 0.000000612. The number of carbonyl (C=O) groups is 1. The Hall–Kier alpha value is -5.93. The predicted molar refractivity (Wildman–Crippen MR) is 255 cm³/mol. The fourth-order valence-electron chi connectivity index (χ4n) is 10.7. The number of carbonyl (C=O) groups excluding carboxylic acids is 1. The number of aliphatic hydroxyl groups is 1. The monoisotopic (exact) mass is 987 g/mol. The standard InChI is InChI=1S/C53H44N.C5H8O2.Ir/c1-5-52(6-2)47-16-12-11-15-42(47)43-26-23-38(32-48(43)52)39-24-27-45-44-25-22-37(31-49(44)53(7-3,8-4)50(45)33-39)34-17-19-36(20-18-34)51-46-28-21-35-13-9-10-14-40(35)41(46)29-30-54-51;1-4(6)3-5(2)7;/h9-19,21-33H,5-8H2,1-4H3;3,6H,1-2H3;/q-1;;/b;4-3-;. The molecule has 0 bridgehead atoms. The number of aromatic nitrogens is 1. The molecule has 1 heterocycles. The summed E-state index contributed by atoms with van der Waals surface area (Å²) in [6.07, 6.45) is 7.41. The normalized spacial score (nSPS) is 13.9. The molecule has 10 rings (SSSR count). The summed E-state index contributed by atoms with van der Waals surface area (Å²) in [7, 11) is 0. The van der Waals surface area contributed by atoms with Crippen molar-refractivity contribution in [3.8, 4) is 55.8 Å². The van der Waals surface area contributed by atoms with Crippen molar-refractivity contribution in [2.24, 2.45) is 0 Å². The molecule has 2 aliphatic rings. The van der Waals surface area contributed by atoms with Crippen molar-refractivity contribution in [1.82, 2.24) is 4.98 Å². The molecule has 1 N–H and O–H groups in total. The zero-order valence-corrected chi connectivity index (χ0v) is 38.8. The first kappa shape index (κ1) is 42.7. The third kappa shape index (κ3) is 6.95. The molecule has 0 unspecified atom stereocenters. The minimum absolute atomic E-state index is 0. The maximum atomic E-state index is 10.0. The third-order valence-electron chi connectivity index (χ3n) is 13.9. The summed E-state index contributed by atoms with van der Waals surface area (Å²) in [6, 6.07) is 56.1. The fourth-order valence-corrected chi connectivity index (χ4v) is 10.7. The molecule has 1 radical (unpaired) electrons. The maximum Gasteiger partial charge on any atom is 0.155 e. The van der Waals surface area contributed by atoms with Gasteiger partial charge < -0.3 is 10.1 Å². The van der Waals surface area contributed by atoms with E-state index in [9.17, 15) is 4.79 Å². The minimum Gasteiger partial charge on any atom is -0.512 e. The quantitative estimate of drug-likeness (QED) is 0.0714. The first-order valence-corrected chi connectivity index (χ1v) is 21.9. The maximum absolute atomic E-state index is 10.0. The Kier molecular flexibility index (Phi) is 11.8. The number of ketones is 1. The second kappa shape index (κ2) is 17.1. The van der Waals surface area contributed by atoms with E-state index < -0.39 is 0 Å². The number of benzene rings is 7. The van der Waals surface area contributed by atoms with Crippen molar-refractivity contribution in [1.29, 1.82) is 0 Å². The van der Waals surface area contributed by atoms with Crippen LogP contribution in [-0.4, -0.2) is 15.9 Å². The zero-order chi connectivity index (χ0) is 42.5. The van der Waals surface area contributed by atoms with E-state index in [1.54, 1.807) is 0 Å². The van der Waals surface area contributed by atoms with Crippen molar-refractivity contribution in [2.45, 2.75) is 78.1 Å². The molecule has 7 aromatic carbocycles. The van der Waals surface area contributed by atoms with E-state index in [-0.39, 0.29) is 42.5 Å². The second-order valence-corrected chi connectivity index (χ2v) is 16.8. The van der Waals surface area contributed by atoms with Gasteiger partial charge in [0.2, 0.25) is 0 Å². The zero-order valence-electron chi connectivity index (χ0n) is 36.4. The SMILES string of the molecule is CC(=O)/C=C(/C)O.CCC1(CC)c2ccccc2-c2ccc(-c3ccc4c(c3)C(CC)(CC)c3cc(-c5c[c-]c(-c6nccc7c6ccc6ccccc67)cc5)ccc3-4)cc21.[Ir]. The van der Waals surface area contributed by atoms with Gasteiger partial charge in [-0.15, -0.1) is 29.8 Å². The summed E-state index contributed by atoms with van der Waals surface area (Å²) in [4.78, 5) is 14.9. The Bertz CT molecular complexity index is 3020. The summed E-state index contributed by atoms with van der Waals surface area (Å²) in [5.74, 6) is -0.0625. The van der Waals surface area contributed by atoms with Crippen molar-refractivity contribution in [2.75, 3.05) is 0 Å². The average molecular weight is 987 g/mol. The van der Waals surface area contributed by atoms with E-state index in [2.05, 4.69) is 173 Å². The molecule has 0 atom stereocenters. The molecule has 0 amide bonds. The van der Waals surface area contributed by atoms with Crippen molar-refractivity contribution < 1.29 is 30.0 Å². The van der Waals surface area contributed by atoms with E-state index in [1.807, 2.05) is 6.20 Å². The van der Waals surface area contributed by atoms with Crippen LogP contribution in [0, 0.1) is 6.07 Å². The van der Waals surface area contributed by atoms with Gasteiger partial charge in [0.25, 0.3) is 0 Å². The predicted octanol–water partition coefficient (Wildman–Crippen LogP) is 15.4. The third-order valence-corrected chi connectivity index (χ3v) is 13.9. The van der Waals surface area contributed by atoms with Gasteiger partial charge in [-0.1, -0.05) is 142 Å². The average Bonchev–Trinajstić information content (AvgIpc) is 3.74. The molecule has 62 heavy (non-hydrogen) atoms. The van der Waals surface area contributed by atoms with Gasteiger partial charge >= 0.3 is 0 Å². The van der Waals surface area contributed by atoms with Crippen molar-refractivity contribution in [3.05, 3.63) is 186 Å². The molecule has 0 fully saturated rings.